The number of nitrogens with one attached hydrogen (secondary N) is 1. The van der Waals surface area contributed by atoms with Crippen LogP contribution in [0.4, 0.5) is 0 Å². The monoisotopic (exact) mass is 342 g/mol. The lowest BCUT2D eigenvalue weighted by atomic mass is 10.1. The molecule has 1 aromatic rings. The Balaban J connectivity index is 1.68. The number of morpholine rings is 1. The SMILES string of the molecule is Cc1cccc(OCCNCC2CN(S(C)(=O)=O)CCO2)c1C. The molecule has 1 fully saturated rings. The van der Waals surface area contributed by atoms with E-state index in [2.05, 4.69) is 18.3 Å². The zero-order chi connectivity index (χ0) is 16.9. The number of benzene rings is 1. The summed E-state index contributed by atoms with van der Waals surface area (Å²) in [7, 11) is -3.14. The molecule has 6 nitrogen and oxygen atoms in total. The van der Waals surface area contributed by atoms with Gasteiger partial charge in [-0.15, -0.1) is 0 Å². The number of hydrogen-bond donors (Lipinski definition) is 1. The van der Waals surface area contributed by atoms with Gasteiger partial charge < -0.3 is 14.8 Å². The molecule has 1 heterocycles. The molecule has 2 rings (SSSR count). The van der Waals surface area contributed by atoms with Gasteiger partial charge in [-0.05, 0) is 31.0 Å². The maximum atomic E-state index is 11.6. The van der Waals surface area contributed by atoms with E-state index in [4.69, 9.17) is 9.47 Å². The molecule has 1 unspecified atom stereocenters. The van der Waals surface area contributed by atoms with Crippen molar-refractivity contribution in [3.05, 3.63) is 29.3 Å². The van der Waals surface area contributed by atoms with Crippen LogP contribution in [-0.4, -0.2) is 64.5 Å². The van der Waals surface area contributed by atoms with Gasteiger partial charge in [0, 0.05) is 26.2 Å². The van der Waals surface area contributed by atoms with Crippen molar-refractivity contribution in [2.75, 3.05) is 45.6 Å². The minimum Gasteiger partial charge on any atom is -0.492 e. The van der Waals surface area contributed by atoms with Gasteiger partial charge in [0.15, 0.2) is 0 Å². The average molecular weight is 342 g/mol. The first-order chi connectivity index (χ1) is 10.9. The van der Waals surface area contributed by atoms with Crippen LogP contribution in [0.25, 0.3) is 0 Å². The molecule has 1 aromatic carbocycles. The second-order valence-corrected chi connectivity index (χ2v) is 7.85. The largest absolute Gasteiger partial charge is 0.492 e. The van der Waals surface area contributed by atoms with Crippen molar-refractivity contribution >= 4 is 10.0 Å². The second kappa shape index (κ2) is 8.10. The summed E-state index contributed by atoms with van der Waals surface area (Å²) in [6, 6.07) is 6.02. The quantitative estimate of drug-likeness (QED) is 0.747. The highest BCUT2D eigenvalue weighted by Gasteiger charge is 2.25. The van der Waals surface area contributed by atoms with Gasteiger partial charge >= 0.3 is 0 Å². The third-order valence-electron chi connectivity index (χ3n) is 4.03. The molecular weight excluding hydrogens is 316 g/mol. The minimum atomic E-state index is -3.14. The third kappa shape index (κ3) is 5.46. The molecule has 0 saturated carbocycles. The van der Waals surface area contributed by atoms with Crippen LogP contribution < -0.4 is 10.1 Å². The fourth-order valence-electron chi connectivity index (χ4n) is 2.49. The van der Waals surface area contributed by atoms with Gasteiger partial charge in [0.25, 0.3) is 0 Å². The fourth-order valence-corrected chi connectivity index (χ4v) is 3.34. The third-order valence-corrected chi connectivity index (χ3v) is 5.30. The van der Waals surface area contributed by atoms with E-state index in [-0.39, 0.29) is 6.10 Å². The molecule has 0 aliphatic carbocycles. The lowest BCUT2D eigenvalue weighted by molar-refractivity contribution is -0.000163. The number of nitrogens with zero attached hydrogens (tertiary/aromatic N) is 1. The molecule has 0 radical (unpaired) electrons. The topological polar surface area (TPSA) is 67.9 Å². The van der Waals surface area contributed by atoms with Crippen molar-refractivity contribution in [2.45, 2.75) is 20.0 Å². The van der Waals surface area contributed by atoms with Gasteiger partial charge in [0.2, 0.25) is 10.0 Å². The standard InChI is InChI=1S/C16H26N2O4S/c1-13-5-4-6-16(14(13)2)22-9-7-17-11-15-12-18(8-10-21-15)23(3,19)20/h4-6,15,17H,7-12H2,1-3H3. The van der Waals surface area contributed by atoms with E-state index in [1.165, 1.54) is 16.1 Å². The minimum absolute atomic E-state index is 0.112. The molecule has 0 bridgehead atoms. The molecule has 1 aliphatic heterocycles. The van der Waals surface area contributed by atoms with Crippen molar-refractivity contribution in [3.8, 4) is 5.75 Å². The molecule has 0 amide bonds. The number of hydrogen-bond acceptors (Lipinski definition) is 5. The molecule has 0 aromatic heterocycles. The summed E-state index contributed by atoms with van der Waals surface area (Å²) in [4.78, 5) is 0. The molecule has 1 aliphatic rings. The maximum absolute atomic E-state index is 11.6. The first-order valence-electron chi connectivity index (χ1n) is 7.84. The van der Waals surface area contributed by atoms with Gasteiger partial charge in [0.05, 0.1) is 19.0 Å². The first-order valence-corrected chi connectivity index (χ1v) is 9.69. The predicted molar refractivity (Wildman–Crippen MR) is 90.4 cm³/mol. The number of aryl methyl sites for hydroxylation is 1. The Kier molecular flexibility index (Phi) is 6.41. The van der Waals surface area contributed by atoms with Crippen LogP contribution in [0.15, 0.2) is 18.2 Å². The normalized spacial score (nSPS) is 19.7. The van der Waals surface area contributed by atoms with Gasteiger partial charge in [-0.25, -0.2) is 8.42 Å². The lowest BCUT2D eigenvalue weighted by Gasteiger charge is -2.31. The van der Waals surface area contributed by atoms with Crippen molar-refractivity contribution < 1.29 is 17.9 Å². The van der Waals surface area contributed by atoms with Gasteiger partial charge in [-0.2, -0.15) is 4.31 Å². The number of ether oxygens (including phenoxy) is 2. The number of sulfonamides is 1. The summed E-state index contributed by atoms with van der Waals surface area (Å²) < 4.78 is 35.9. The Labute approximate surface area is 138 Å². The first kappa shape index (κ1) is 18.2. The van der Waals surface area contributed by atoms with Crippen molar-refractivity contribution in [1.29, 1.82) is 0 Å². The molecule has 7 heteroatoms. The average Bonchev–Trinajstić information content (AvgIpc) is 2.50. The van der Waals surface area contributed by atoms with Crippen LogP contribution in [0, 0.1) is 13.8 Å². The van der Waals surface area contributed by atoms with E-state index in [1.807, 2.05) is 19.1 Å². The Hall–Kier alpha value is -1.15. The Morgan fingerprint density at radius 2 is 2.17 bits per heavy atom. The summed E-state index contributed by atoms with van der Waals surface area (Å²) in [5, 5.41) is 3.26. The highest BCUT2D eigenvalue weighted by molar-refractivity contribution is 7.88. The van der Waals surface area contributed by atoms with Crippen LogP contribution in [-0.2, 0) is 14.8 Å². The lowest BCUT2D eigenvalue weighted by Crippen LogP contribution is -2.48. The summed E-state index contributed by atoms with van der Waals surface area (Å²) in [6.45, 7) is 7.26. The van der Waals surface area contributed by atoms with Crippen LogP contribution >= 0.6 is 0 Å². The van der Waals surface area contributed by atoms with Gasteiger partial charge in [0.1, 0.15) is 12.4 Å². The van der Waals surface area contributed by atoms with Crippen LogP contribution in [0.5, 0.6) is 5.75 Å². The van der Waals surface area contributed by atoms with E-state index < -0.39 is 10.0 Å². The fraction of sp³-hybridized carbons (Fsp3) is 0.625. The van der Waals surface area contributed by atoms with E-state index in [1.54, 1.807) is 0 Å². The molecule has 23 heavy (non-hydrogen) atoms. The van der Waals surface area contributed by atoms with Crippen molar-refractivity contribution in [1.82, 2.24) is 9.62 Å². The van der Waals surface area contributed by atoms with Gasteiger partial charge in [-0.3, -0.25) is 0 Å². The van der Waals surface area contributed by atoms with Crippen LogP contribution in [0.2, 0.25) is 0 Å². The van der Waals surface area contributed by atoms with E-state index in [0.717, 1.165) is 11.3 Å². The summed E-state index contributed by atoms with van der Waals surface area (Å²) in [5.41, 5.74) is 2.37. The predicted octanol–water partition coefficient (Wildman–Crippen LogP) is 0.932. The van der Waals surface area contributed by atoms with E-state index in [9.17, 15) is 8.42 Å². The number of rotatable bonds is 7. The summed E-state index contributed by atoms with van der Waals surface area (Å²) in [6.07, 6.45) is 1.13. The van der Waals surface area contributed by atoms with Crippen LogP contribution in [0.1, 0.15) is 11.1 Å². The zero-order valence-electron chi connectivity index (χ0n) is 14.0. The Morgan fingerprint density at radius 1 is 1.39 bits per heavy atom. The molecule has 1 atom stereocenters. The van der Waals surface area contributed by atoms with Crippen molar-refractivity contribution in [3.63, 3.8) is 0 Å². The van der Waals surface area contributed by atoms with Crippen LogP contribution in [0.3, 0.4) is 0 Å². The molecular formula is C16H26N2O4S. The summed E-state index contributed by atoms with van der Waals surface area (Å²) >= 11 is 0. The Morgan fingerprint density at radius 3 is 2.91 bits per heavy atom. The maximum Gasteiger partial charge on any atom is 0.211 e. The zero-order valence-corrected chi connectivity index (χ0v) is 14.9. The van der Waals surface area contributed by atoms with E-state index >= 15 is 0 Å². The van der Waals surface area contributed by atoms with Crippen molar-refractivity contribution in [2.24, 2.45) is 0 Å². The summed E-state index contributed by atoms with van der Waals surface area (Å²) in [5.74, 6) is 0.906. The molecule has 1 N–H and O–H groups in total. The molecule has 130 valence electrons. The molecule has 0 spiro atoms. The highest BCUT2D eigenvalue weighted by atomic mass is 32.2. The van der Waals surface area contributed by atoms with Gasteiger partial charge in [-0.1, -0.05) is 12.1 Å². The van der Waals surface area contributed by atoms with E-state index in [0.29, 0.717) is 39.4 Å². The second-order valence-electron chi connectivity index (χ2n) is 5.86. The Bertz CT molecular complexity index is 619. The highest BCUT2D eigenvalue weighted by Crippen LogP contribution is 2.20. The smallest absolute Gasteiger partial charge is 0.211 e. The molecule has 1 saturated heterocycles.